The van der Waals surface area contributed by atoms with Crippen LogP contribution in [0, 0.1) is 0 Å². The van der Waals surface area contributed by atoms with Crippen molar-refractivity contribution in [1.82, 2.24) is 4.90 Å². The predicted octanol–water partition coefficient (Wildman–Crippen LogP) is 5.59. The molecule has 3 aromatic rings. The van der Waals surface area contributed by atoms with Crippen molar-refractivity contribution in [3.63, 3.8) is 0 Å². The summed E-state index contributed by atoms with van der Waals surface area (Å²) in [7, 11) is 0. The normalized spacial score (nSPS) is 17.9. The third-order valence-electron chi connectivity index (χ3n) is 5.66. The standard InChI is InChI=1S/C26H20F3N3O4S/c27-26(28,29)18-8-4-5-9-19(18)31-23(33)13-22-24(34)32(25(37-22)30-17-6-2-1-3-7-17)14-16-10-11-20-21(12-16)36-15-35-20/h1-12,22H,13-15H2,(H,31,33). The number of amidine groups is 1. The van der Waals surface area contributed by atoms with Crippen LogP contribution in [0.3, 0.4) is 0 Å². The molecule has 1 saturated heterocycles. The molecular weight excluding hydrogens is 507 g/mol. The summed E-state index contributed by atoms with van der Waals surface area (Å²) < 4.78 is 50.7. The van der Waals surface area contributed by atoms with Gasteiger partial charge in [0.2, 0.25) is 18.6 Å². The molecule has 0 saturated carbocycles. The minimum Gasteiger partial charge on any atom is -0.454 e. The molecule has 11 heteroatoms. The molecule has 0 bridgehead atoms. The number of para-hydroxylation sites is 2. The van der Waals surface area contributed by atoms with Gasteiger partial charge in [0.25, 0.3) is 0 Å². The van der Waals surface area contributed by atoms with Crippen LogP contribution in [0.25, 0.3) is 0 Å². The zero-order valence-corrected chi connectivity index (χ0v) is 20.0. The molecule has 2 aliphatic heterocycles. The first-order chi connectivity index (χ1) is 17.8. The third-order valence-corrected chi connectivity index (χ3v) is 6.83. The molecule has 1 fully saturated rings. The molecule has 7 nitrogen and oxygen atoms in total. The molecule has 2 heterocycles. The Morgan fingerprint density at radius 1 is 1.03 bits per heavy atom. The van der Waals surface area contributed by atoms with Crippen molar-refractivity contribution in [2.45, 2.75) is 24.4 Å². The van der Waals surface area contributed by atoms with Crippen molar-refractivity contribution < 1.29 is 32.2 Å². The maximum atomic E-state index is 13.4. The summed E-state index contributed by atoms with van der Waals surface area (Å²) >= 11 is 1.10. The van der Waals surface area contributed by atoms with E-state index >= 15 is 0 Å². The number of alkyl halides is 3. The van der Waals surface area contributed by atoms with Crippen molar-refractivity contribution in [3.8, 4) is 11.5 Å². The third kappa shape index (κ3) is 5.56. The summed E-state index contributed by atoms with van der Waals surface area (Å²) in [6.07, 6.45) is -4.94. The van der Waals surface area contributed by atoms with Gasteiger partial charge >= 0.3 is 6.18 Å². The summed E-state index contributed by atoms with van der Waals surface area (Å²) in [5.74, 6) is 0.110. The number of benzene rings is 3. The minimum atomic E-state index is -4.63. The summed E-state index contributed by atoms with van der Waals surface area (Å²) in [5, 5.41) is 1.85. The number of hydrogen-bond acceptors (Lipinski definition) is 6. The summed E-state index contributed by atoms with van der Waals surface area (Å²) in [6, 6.07) is 19.1. The van der Waals surface area contributed by atoms with Gasteiger partial charge in [0.15, 0.2) is 16.7 Å². The molecule has 2 amide bonds. The highest BCUT2D eigenvalue weighted by Gasteiger charge is 2.40. The summed E-state index contributed by atoms with van der Waals surface area (Å²) in [6.45, 7) is 0.288. The van der Waals surface area contributed by atoms with Crippen LogP contribution in [0.2, 0.25) is 0 Å². The van der Waals surface area contributed by atoms with Gasteiger partial charge in [-0.2, -0.15) is 13.2 Å². The van der Waals surface area contributed by atoms with Gasteiger partial charge in [-0.3, -0.25) is 14.5 Å². The second-order valence-electron chi connectivity index (χ2n) is 8.24. The van der Waals surface area contributed by atoms with Gasteiger partial charge in [-0.25, -0.2) is 4.99 Å². The first-order valence-corrected chi connectivity index (χ1v) is 12.1. The Labute approximate surface area is 214 Å². The lowest BCUT2D eigenvalue weighted by Crippen LogP contribution is -2.33. The van der Waals surface area contributed by atoms with Crippen LogP contribution in [-0.4, -0.2) is 33.9 Å². The van der Waals surface area contributed by atoms with Gasteiger partial charge in [0, 0.05) is 6.42 Å². The topological polar surface area (TPSA) is 80.2 Å². The van der Waals surface area contributed by atoms with Crippen LogP contribution >= 0.6 is 11.8 Å². The lowest BCUT2D eigenvalue weighted by molar-refractivity contribution is -0.137. The van der Waals surface area contributed by atoms with Crippen LogP contribution < -0.4 is 14.8 Å². The number of thioether (sulfide) groups is 1. The molecule has 1 atom stereocenters. The second-order valence-corrected chi connectivity index (χ2v) is 9.41. The number of nitrogens with zero attached hydrogens (tertiary/aromatic N) is 2. The van der Waals surface area contributed by atoms with Gasteiger partial charge < -0.3 is 14.8 Å². The Kier molecular flexibility index (Phi) is 6.79. The maximum Gasteiger partial charge on any atom is 0.418 e. The van der Waals surface area contributed by atoms with Crippen molar-refractivity contribution in [2.75, 3.05) is 12.1 Å². The zero-order chi connectivity index (χ0) is 26.0. The number of carbonyl (C=O) groups excluding carboxylic acids is 2. The largest absolute Gasteiger partial charge is 0.454 e. The van der Waals surface area contributed by atoms with Crippen molar-refractivity contribution >= 4 is 40.1 Å². The quantitative estimate of drug-likeness (QED) is 0.452. The number of amides is 2. The fourth-order valence-corrected chi connectivity index (χ4v) is 5.07. The molecule has 1 unspecified atom stereocenters. The van der Waals surface area contributed by atoms with Gasteiger partial charge in [0.1, 0.15) is 5.25 Å². The maximum absolute atomic E-state index is 13.4. The van der Waals surface area contributed by atoms with E-state index in [1.54, 1.807) is 30.3 Å². The number of halogens is 3. The molecular formula is C26H20F3N3O4S. The lowest BCUT2D eigenvalue weighted by atomic mass is 10.1. The van der Waals surface area contributed by atoms with E-state index in [-0.39, 0.29) is 31.4 Å². The smallest absolute Gasteiger partial charge is 0.418 e. The van der Waals surface area contributed by atoms with Crippen LogP contribution in [0.4, 0.5) is 24.5 Å². The van der Waals surface area contributed by atoms with E-state index in [4.69, 9.17) is 9.47 Å². The van der Waals surface area contributed by atoms with Gasteiger partial charge in [-0.05, 0) is 42.0 Å². The van der Waals surface area contributed by atoms with Crippen LogP contribution in [0.5, 0.6) is 11.5 Å². The summed E-state index contributed by atoms with van der Waals surface area (Å²) in [5.41, 5.74) is 0.0798. The lowest BCUT2D eigenvalue weighted by Gasteiger charge is -2.17. The highest BCUT2D eigenvalue weighted by Crippen LogP contribution is 2.37. The minimum absolute atomic E-state index is 0.118. The number of aliphatic imine (C=N–C) groups is 1. The average Bonchev–Trinajstić information content (AvgIpc) is 3.44. The number of anilines is 1. The highest BCUT2D eigenvalue weighted by atomic mass is 32.2. The van der Waals surface area contributed by atoms with Crippen molar-refractivity contribution in [1.29, 1.82) is 0 Å². The fourth-order valence-electron chi connectivity index (χ4n) is 3.91. The van der Waals surface area contributed by atoms with E-state index < -0.39 is 22.9 Å². The molecule has 1 N–H and O–H groups in total. The van der Waals surface area contributed by atoms with Crippen molar-refractivity contribution in [3.05, 3.63) is 83.9 Å². The highest BCUT2D eigenvalue weighted by molar-refractivity contribution is 8.15. The Balaban J connectivity index is 1.36. The zero-order valence-electron chi connectivity index (χ0n) is 19.2. The van der Waals surface area contributed by atoms with E-state index in [0.717, 1.165) is 23.4 Å². The molecule has 37 heavy (non-hydrogen) atoms. The number of fused-ring (bicyclic) bond motifs is 1. The number of nitrogens with one attached hydrogen (secondary N) is 1. The molecule has 0 spiro atoms. The van der Waals surface area contributed by atoms with Crippen LogP contribution in [-0.2, 0) is 22.3 Å². The van der Waals surface area contributed by atoms with Gasteiger partial charge in [-0.15, -0.1) is 0 Å². The number of rotatable bonds is 6. The van der Waals surface area contributed by atoms with Crippen LogP contribution in [0.15, 0.2) is 77.8 Å². The Hall–Kier alpha value is -3.99. The predicted molar refractivity (Wildman–Crippen MR) is 133 cm³/mol. The van der Waals surface area contributed by atoms with E-state index in [0.29, 0.717) is 22.4 Å². The van der Waals surface area contributed by atoms with E-state index in [1.807, 2.05) is 18.2 Å². The van der Waals surface area contributed by atoms with E-state index in [9.17, 15) is 22.8 Å². The first kappa shape index (κ1) is 24.7. The summed E-state index contributed by atoms with van der Waals surface area (Å²) in [4.78, 5) is 32.1. The van der Waals surface area contributed by atoms with Gasteiger partial charge in [-0.1, -0.05) is 48.2 Å². The Morgan fingerprint density at radius 3 is 2.54 bits per heavy atom. The molecule has 3 aromatic carbocycles. The fraction of sp³-hybridized carbons (Fsp3) is 0.192. The van der Waals surface area contributed by atoms with E-state index in [1.165, 1.54) is 23.1 Å². The van der Waals surface area contributed by atoms with Crippen molar-refractivity contribution in [2.24, 2.45) is 4.99 Å². The molecule has 0 aliphatic carbocycles. The van der Waals surface area contributed by atoms with Gasteiger partial charge in [0.05, 0.1) is 23.5 Å². The second kappa shape index (κ2) is 10.2. The Morgan fingerprint density at radius 2 is 1.76 bits per heavy atom. The van der Waals surface area contributed by atoms with Crippen LogP contribution in [0.1, 0.15) is 17.5 Å². The first-order valence-electron chi connectivity index (χ1n) is 11.2. The molecule has 0 aromatic heterocycles. The average molecular weight is 528 g/mol. The molecule has 5 rings (SSSR count). The monoisotopic (exact) mass is 527 g/mol. The molecule has 190 valence electrons. The number of carbonyl (C=O) groups is 2. The molecule has 0 radical (unpaired) electrons. The SMILES string of the molecule is O=C(CC1SC(=Nc2ccccc2)N(Cc2ccc3c(c2)OCO3)C1=O)Nc1ccccc1C(F)(F)F. The Bertz CT molecular complexity index is 1360. The molecule has 2 aliphatic rings. The number of ether oxygens (including phenoxy) is 2. The van der Waals surface area contributed by atoms with E-state index in [2.05, 4.69) is 10.3 Å². The number of hydrogen-bond donors (Lipinski definition) is 1.